The second-order valence-corrected chi connectivity index (χ2v) is 8.62. The Labute approximate surface area is 201 Å². The predicted molar refractivity (Wildman–Crippen MR) is 136 cm³/mol. The predicted octanol–water partition coefficient (Wildman–Crippen LogP) is 5.16. The largest absolute Gasteiger partial charge is 0.426 e. The fourth-order valence-electron chi connectivity index (χ4n) is 4.03. The number of aromatic amines is 1. The molecular formula is C26H24ClN5O2. The van der Waals surface area contributed by atoms with E-state index in [0.29, 0.717) is 35.4 Å². The molecule has 2 heterocycles. The first-order valence-corrected chi connectivity index (χ1v) is 11.3. The number of nitrogens with zero attached hydrogens (tertiary/aromatic N) is 2. The number of nitrogens with one attached hydrogen (secondary N) is 2. The number of nitrogens with two attached hydrogens (primary N) is 1. The van der Waals surface area contributed by atoms with Crippen molar-refractivity contribution >= 4 is 39.4 Å². The summed E-state index contributed by atoms with van der Waals surface area (Å²) < 4.78 is 8.03. The monoisotopic (exact) mass is 473 g/mol. The van der Waals surface area contributed by atoms with Crippen LogP contribution in [-0.4, -0.2) is 33.5 Å². The van der Waals surface area contributed by atoms with Gasteiger partial charge in [-0.15, -0.1) is 0 Å². The lowest BCUT2D eigenvalue weighted by molar-refractivity contribution is 0.0954. The maximum absolute atomic E-state index is 12.4. The minimum atomic E-state index is -0.190. The second-order valence-electron chi connectivity index (χ2n) is 8.21. The van der Waals surface area contributed by atoms with E-state index in [-0.39, 0.29) is 5.91 Å². The molecule has 0 saturated carbocycles. The Balaban J connectivity index is 1.45. The number of benzene rings is 3. The van der Waals surface area contributed by atoms with Crippen LogP contribution in [0.15, 0.2) is 60.8 Å². The van der Waals surface area contributed by atoms with Gasteiger partial charge in [-0.1, -0.05) is 23.7 Å². The number of carbonyl (C=O) groups is 1. The summed E-state index contributed by atoms with van der Waals surface area (Å²) in [6.07, 6.45) is 2.04. The molecule has 5 rings (SSSR count). The zero-order valence-corrected chi connectivity index (χ0v) is 19.6. The van der Waals surface area contributed by atoms with Gasteiger partial charge < -0.3 is 25.3 Å². The molecule has 1 amide bonds. The first-order valence-electron chi connectivity index (χ1n) is 10.9. The van der Waals surface area contributed by atoms with Gasteiger partial charge >= 0.3 is 0 Å². The molecule has 0 aliphatic carbocycles. The van der Waals surface area contributed by atoms with Crippen LogP contribution >= 0.6 is 11.6 Å². The normalized spacial score (nSPS) is 11.3. The van der Waals surface area contributed by atoms with E-state index < -0.39 is 0 Å². The molecule has 0 radical (unpaired) electrons. The number of rotatable bonds is 6. The molecule has 4 N–H and O–H groups in total. The molecule has 34 heavy (non-hydrogen) atoms. The van der Waals surface area contributed by atoms with Crippen molar-refractivity contribution in [2.24, 2.45) is 12.8 Å². The van der Waals surface area contributed by atoms with Crippen molar-refractivity contribution in [2.75, 3.05) is 13.1 Å². The Bertz CT molecular complexity index is 1540. The maximum Gasteiger partial charge on any atom is 0.300 e. The number of imidazole rings is 1. The minimum absolute atomic E-state index is 0.190. The van der Waals surface area contributed by atoms with E-state index in [1.807, 2.05) is 38.4 Å². The van der Waals surface area contributed by atoms with E-state index in [9.17, 15) is 4.79 Å². The van der Waals surface area contributed by atoms with Gasteiger partial charge in [0, 0.05) is 48.4 Å². The summed E-state index contributed by atoms with van der Waals surface area (Å²) in [5.74, 6) is 0.313. The van der Waals surface area contributed by atoms with Crippen molar-refractivity contribution in [2.45, 2.75) is 6.92 Å². The topological polar surface area (TPSA) is 98.0 Å². The number of fused-ring (bicyclic) bond motifs is 2. The highest BCUT2D eigenvalue weighted by atomic mass is 35.5. The summed E-state index contributed by atoms with van der Waals surface area (Å²) in [6, 6.07) is 17.8. The van der Waals surface area contributed by atoms with Crippen LogP contribution in [0.5, 0.6) is 11.8 Å². The van der Waals surface area contributed by atoms with Gasteiger partial charge in [-0.25, -0.2) is 0 Å². The zero-order chi connectivity index (χ0) is 23.8. The number of hydrogen-bond acceptors (Lipinski definition) is 4. The smallest absolute Gasteiger partial charge is 0.300 e. The third-order valence-corrected chi connectivity index (χ3v) is 6.16. The minimum Gasteiger partial charge on any atom is -0.426 e. The molecule has 5 aromatic rings. The molecule has 0 atom stereocenters. The van der Waals surface area contributed by atoms with Crippen molar-refractivity contribution in [3.8, 4) is 22.9 Å². The van der Waals surface area contributed by atoms with Crippen LogP contribution in [0.1, 0.15) is 15.9 Å². The van der Waals surface area contributed by atoms with Crippen molar-refractivity contribution < 1.29 is 9.53 Å². The first kappa shape index (κ1) is 22.0. The average Bonchev–Trinajstić information content (AvgIpc) is 3.39. The Morgan fingerprint density at radius 3 is 2.85 bits per heavy atom. The Hall–Kier alpha value is -3.81. The highest BCUT2D eigenvalue weighted by molar-refractivity contribution is 6.34. The molecule has 0 bridgehead atoms. The van der Waals surface area contributed by atoms with Gasteiger partial charge in [-0.2, -0.15) is 4.98 Å². The molecule has 0 unspecified atom stereocenters. The van der Waals surface area contributed by atoms with E-state index in [1.54, 1.807) is 12.1 Å². The summed E-state index contributed by atoms with van der Waals surface area (Å²) in [7, 11) is 2.02. The van der Waals surface area contributed by atoms with Crippen LogP contribution in [0.3, 0.4) is 0 Å². The highest BCUT2D eigenvalue weighted by Gasteiger charge is 2.14. The van der Waals surface area contributed by atoms with E-state index in [1.165, 1.54) is 0 Å². The molecule has 0 saturated heterocycles. The van der Waals surface area contributed by atoms with Crippen LogP contribution in [0.2, 0.25) is 5.02 Å². The van der Waals surface area contributed by atoms with Crippen molar-refractivity contribution in [1.29, 1.82) is 0 Å². The molecule has 3 aromatic carbocycles. The van der Waals surface area contributed by atoms with E-state index in [2.05, 4.69) is 44.1 Å². The Morgan fingerprint density at radius 1 is 1.18 bits per heavy atom. The van der Waals surface area contributed by atoms with E-state index in [4.69, 9.17) is 22.1 Å². The lowest BCUT2D eigenvalue weighted by Crippen LogP contribution is -2.29. The molecular weight excluding hydrogens is 450 g/mol. The first-order chi connectivity index (χ1) is 16.4. The summed E-state index contributed by atoms with van der Waals surface area (Å²) >= 11 is 6.63. The van der Waals surface area contributed by atoms with Gasteiger partial charge in [-0.05, 0) is 60.5 Å². The molecule has 172 valence electrons. The number of aryl methyl sites for hydroxylation is 2. The average molecular weight is 474 g/mol. The quantitative estimate of drug-likeness (QED) is 0.317. The SMILES string of the molecule is Cc1ccc(Oc2nc3cc(-c4ccc5c(ccn5C)c4)c(Cl)cc3[nH]2)cc1C(=O)NCCN. The lowest BCUT2D eigenvalue weighted by atomic mass is 10.0. The fraction of sp³-hybridized carbons (Fsp3) is 0.154. The number of amides is 1. The standard InChI is InChI=1S/C26H24ClN5O2/c1-15-3-5-18(12-19(15)25(33)29-9-8-28)34-26-30-22-13-20(21(27)14-23(22)31-26)16-4-6-24-17(11-16)7-10-32(24)2/h3-7,10-14H,8-9,28H2,1-2H3,(H,29,33)(H,30,31). The lowest BCUT2D eigenvalue weighted by Gasteiger charge is -2.09. The fourth-order valence-corrected chi connectivity index (χ4v) is 4.30. The molecule has 0 fully saturated rings. The van der Waals surface area contributed by atoms with Gasteiger partial charge in [0.2, 0.25) is 0 Å². The van der Waals surface area contributed by atoms with Crippen LogP contribution in [0.4, 0.5) is 0 Å². The summed E-state index contributed by atoms with van der Waals surface area (Å²) in [4.78, 5) is 20.1. The van der Waals surface area contributed by atoms with E-state index >= 15 is 0 Å². The van der Waals surface area contributed by atoms with Crippen molar-refractivity contribution in [3.63, 3.8) is 0 Å². The van der Waals surface area contributed by atoms with Crippen molar-refractivity contribution in [3.05, 3.63) is 76.9 Å². The molecule has 0 spiro atoms. The van der Waals surface area contributed by atoms with Gasteiger partial charge in [-0.3, -0.25) is 4.79 Å². The van der Waals surface area contributed by atoms with Crippen LogP contribution in [0.25, 0.3) is 33.1 Å². The Morgan fingerprint density at radius 2 is 2.03 bits per heavy atom. The molecule has 0 aliphatic heterocycles. The van der Waals surface area contributed by atoms with Gasteiger partial charge in [0.1, 0.15) is 5.75 Å². The number of halogens is 1. The summed E-state index contributed by atoms with van der Waals surface area (Å²) in [6.45, 7) is 2.66. The van der Waals surface area contributed by atoms with Gasteiger partial charge in [0.15, 0.2) is 0 Å². The van der Waals surface area contributed by atoms with E-state index in [0.717, 1.165) is 38.6 Å². The van der Waals surface area contributed by atoms with Crippen LogP contribution < -0.4 is 15.8 Å². The number of ether oxygens (including phenoxy) is 1. The Kier molecular flexibility index (Phi) is 5.73. The van der Waals surface area contributed by atoms with Crippen LogP contribution in [-0.2, 0) is 7.05 Å². The molecule has 2 aromatic heterocycles. The van der Waals surface area contributed by atoms with Gasteiger partial charge in [0.05, 0.1) is 16.1 Å². The number of aromatic nitrogens is 3. The number of H-pyrrole nitrogens is 1. The number of hydrogen-bond donors (Lipinski definition) is 3. The summed E-state index contributed by atoms with van der Waals surface area (Å²) in [5, 5.41) is 4.55. The third kappa shape index (κ3) is 4.11. The maximum atomic E-state index is 12.4. The molecule has 0 aliphatic rings. The number of carbonyl (C=O) groups excluding carboxylic acids is 1. The third-order valence-electron chi connectivity index (χ3n) is 5.84. The van der Waals surface area contributed by atoms with Gasteiger partial charge in [0.25, 0.3) is 11.9 Å². The molecule has 7 nitrogen and oxygen atoms in total. The zero-order valence-electron chi connectivity index (χ0n) is 18.9. The van der Waals surface area contributed by atoms with Crippen LogP contribution in [0, 0.1) is 6.92 Å². The second kappa shape index (κ2) is 8.85. The highest BCUT2D eigenvalue weighted by Crippen LogP contribution is 2.34. The summed E-state index contributed by atoms with van der Waals surface area (Å²) in [5.41, 5.74) is 11.4. The van der Waals surface area contributed by atoms with Crippen molar-refractivity contribution in [1.82, 2.24) is 19.9 Å². The molecule has 8 heteroatoms.